The van der Waals surface area contributed by atoms with Crippen molar-refractivity contribution in [3.63, 3.8) is 0 Å². The molecule has 126 valence electrons. The van der Waals surface area contributed by atoms with E-state index in [9.17, 15) is 21.6 Å². The fraction of sp³-hybridized carbons (Fsp3) is 1.00. The first kappa shape index (κ1) is 18.7. The van der Waals surface area contributed by atoms with Crippen molar-refractivity contribution in [3.05, 3.63) is 0 Å². The lowest BCUT2D eigenvalue weighted by Crippen LogP contribution is -2.53. The van der Waals surface area contributed by atoms with Crippen LogP contribution in [0.25, 0.3) is 0 Å². The minimum atomic E-state index is -5.15. The van der Waals surface area contributed by atoms with Crippen molar-refractivity contribution in [1.82, 2.24) is 9.80 Å². The highest BCUT2D eigenvalue weighted by atomic mass is 32.2. The predicted octanol–water partition coefficient (Wildman–Crippen LogP) is 0.964. The molecule has 9 heteroatoms. The van der Waals surface area contributed by atoms with Crippen molar-refractivity contribution in [1.29, 1.82) is 0 Å². The summed E-state index contributed by atoms with van der Waals surface area (Å²) >= 11 is 0. The summed E-state index contributed by atoms with van der Waals surface area (Å²) in [5.74, 6) is -0.873. The van der Waals surface area contributed by atoms with Gasteiger partial charge in [-0.3, -0.25) is 9.80 Å². The van der Waals surface area contributed by atoms with Crippen molar-refractivity contribution in [3.8, 4) is 0 Å². The summed E-state index contributed by atoms with van der Waals surface area (Å²) in [5.41, 5.74) is -5.15. The van der Waals surface area contributed by atoms with Gasteiger partial charge in [-0.25, -0.2) is 8.42 Å². The number of rotatable bonds is 7. The molecule has 0 unspecified atom stereocenters. The van der Waals surface area contributed by atoms with Crippen LogP contribution in [-0.4, -0.2) is 81.5 Å². The normalized spacial score (nSPS) is 22.6. The molecule has 0 spiro atoms. The van der Waals surface area contributed by atoms with Crippen LogP contribution in [-0.2, 0) is 14.6 Å². The van der Waals surface area contributed by atoms with Crippen LogP contribution in [0.5, 0.6) is 0 Å². The van der Waals surface area contributed by atoms with Crippen LogP contribution in [0.1, 0.15) is 13.8 Å². The third-order valence-electron chi connectivity index (χ3n) is 3.61. The Morgan fingerprint density at radius 1 is 1.24 bits per heavy atom. The van der Waals surface area contributed by atoms with E-state index in [0.717, 1.165) is 6.54 Å². The van der Waals surface area contributed by atoms with Crippen molar-refractivity contribution in [2.75, 3.05) is 51.7 Å². The number of halogens is 3. The van der Waals surface area contributed by atoms with Gasteiger partial charge in [0.15, 0.2) is 0 Å². The van der Waals surface area contributed by atoms with Gasteiger partial charge in [0, 0.05) is 45.4 Å². The number of sulfone groups is 1. The second kappa shape index (κ2) is 7.75. The maximum absolute atomic E-state index is 12.3. The van der Waals surface area contributed by atoms with Crippen LogP contribution in [0.15, 0.2) is 0 Å². The van der Waals surface area contributed by atoms with Gasteiger partial charge in [0.1, 0.15) is 0 Å². The van der Waals surface area contributed by atoms with Crippen molar-refractivity contribution in [2.45, 2.75) is 25.4 Å². The Morgan fingerprint density at radius 3 is 2.43 bits per heavy atom. The topological polar surface area (TPSA) is 49.9 Å². The fourth-order valence-corrected chi connectivity index (χ4v) is 3.03. The fourth-order valence-electron chi connectivity index (χ4n) is 2.30. The highest BCUT2D eigenvalue weighted by Crippen LogP contribution is 2.24. The third-order valence-corrected chi connectivity index (χ3v) is 5.03. The molecule has 0 saturated carbocycles. The van der Waals surface area contributed by atoms with Crippen molar-refractivity contribution < 1.29 is 26.3 Å². The summed E-state index contributed by atoms with van der Waals surface area (Å²) in [6, 6.07) is 0.174. The average molecular weight is 332 g/mol. The summed E-state index contributed by atoms with van der Waals surface area (Å²) in [7, 11) is -5.02. The molecule has 0 amide bonds. The van der Waals surface area contributed by atoms with E-state index < -0.39 is 21.1 Å². The zero-order valence-corrected chi connectivity index (χ0v) is 13.2. The lowest BCUT2D eigenvalue weighted by Gasteiger charge is -2.39. The molecule has 1 rings (SSSR count). The smallest absolute Gasteiger partial charge is 0.380 e. The number of ether oxygens (including phenoxy) is 1. The molecule has 1 aliphatic rings. The van der Waals surface area contributed by atoms with Gasteiger partial charge >= 0.3 is 5.51 Å². The largest absolute Gasteiger partial charge is 0.497 e. The lowest BCUT2D eigenvalue weighted by atomic mass is 10.2. The average Bonchev–Trinajstić information content (AvgIpc) is 2.37. The molecule has 0 aliphatic carbocycles. The van der Waals surface area contributed by atoms with E-state index in [0.29, 0.717) is 32.8 Å². The Bertz CT molecular complexity index is 414. The van der Waals surface area contributed by atoms with Gasteiger partial charge in [-0.1, -0.05) is 0 Å². The van der Waals surface area contributed by atoms with Crippen LogP contribution in [0.3, 0.4) is 0 Å². The van der Waals surface area contributed by atoms with Crippen molar-refractivity contribution in [2.24, 2.45) is 0 Å². The van der Waals surface area contributed by atoms with E-state index in [4.69, 9.17) is 4.74 Å². The molecule has 0 N–H and O–H groups in total. The molecule has 1 aliphatic heterocycles. The molecule has 1 saturated heterocycles. The summed E-state index contributed by atoms with van der Waals surface area (Å²) in [5, 5.41) is 0. The van der Waals surface area contributed by atoms with E-state index >= 15 is 0 Å². The SMILES string of the molecule is CCOCCN1CCN(CCS(=O)(=O)C(F)(F)F)C[C@H]1C. The first-order chi connectivity index (χ1) is 9.67. The molecule has 21 heavy (non-hydrogen) atoms. The quantitative estimate of drug-likeness (QED) is 0.650. The molecule has 1 atom stereocenters. The third kappa shape index (κ3) is 5.72. The molecule has 0 aromatic rings. The van der Waals surface area contributed by atoms with Crippen LogP contribution in [0.2, 0.25) is 0 Å². The van der Waals surface area contributed by atoms with Gasteiger partial charge in [-0.05, 0) is 13.8 Å². The van der Waals surface area contributed by atoms with Gasteiger partial charge in [-0.2, -0.15) is 13.2 Å². The Balaban J connectivity index is 2.38. The van der Waals surface area contributed by atoms with Crippen LogP contribution >= 0.6 is 0 Å². The summed E-state index contributed by atoms with van der Waals surface area (Å²) < 4.78 is 64.2. The van der Waals surface area contributed by atoms with E-state index in [1.165, 1.54) is 0 Å². The molecule has 5 nitrogen and oxygen atoms in total. The van der Waals surface area contributed by atoms with Gasteiger partial charge in [-0.15, -0.1) is 0 Å². The standard InChI is InChI=1S/C12H23F3N2O3S/c1-3-20-8-6-17-5-4-16(10-11(17)2)7-9-21(18,19)12(13,14)15/h11H,3-10H2,1-2H3/t11-/m1/s1. The van der Waals surface area contributed by atoms with Gasteiger partial charge in [0.25, 0.3) is 0 Å². The minimum absolute atomic E-state index is 0.0779. The number of alkyl halides is 3. The first-order valence-corrected chi connectivity index (χ1v) is 8.65. The number of nitrogens with zero attached hydrogens (tertiary/aromatic N) is 2. The van der Waals surface area contributed by atoms with E-state index in [1.807, 2.05) is 13.8 Å². The van der Waals surface area contributed by atoms with Crippen LogP contribution < -0.4 is 0 Å². The zero-order valence-electron chi connectivity index (χ0n) is 12.4. The number of piperazine rings is 1. The maximum atomic E-state index is 12.3. The first-order valence-electron chi connectivity index (χ1n) is 7.00. The maximum Gasteiger partial charge on any atom is 0.497 e. The Hall–Kier alpha value is -0.380. The van der Waals surface area contributed by atoms with E-state index in [2.05, 4.69) is 4.90 Å². The Labute approximate surface area is 124 Å². The molecule has 1 fully saturated rings. The van der Waals surface area contributed by atoms with Gasteiger partial charge in [0.2, 0.25) is 9.84 Å². The zero-order chi connectivity index (χ0) is 16.1. The molecular formula is C12H23F3N2O3S. The number of hydrogen-bond acceptors (Lipinski definition) is 5. The molecular weight excluding hydrogens is 309 g/mol. The summed E-state index contributed by atoms with van der Waals surface area (Å²) in [6.07, 6.45) is 0. The molecule has 1 heterocycles. The minimum Gasteiger partial charge on any atom is -0.380 e. The molecule has 0 bridgehead atoms. The molecule has 0 radical (unpaired) electrons. The molecule has 0 aromatic heterocycles. The Kier molecular flexibility index (Phi) is 6.89. The second-order valence-electron chi connectivity index (χ2n) is 5.15. The Morgan fingerprint density at radius 2 is 1.90 bits per heavy atom. The van der Waals surface area contributed by atoms with E-state index in [-0.39, 0.29) is 12.6 Å². The monoisotopic (exact) mass is 332 g/mol. The van der Waals surface area contributed by atoms with Gasteiger partial charge in [0.05, 0.1) is 12.4 Å². The summed E-state index contributed by atoms with van der Waals surface area (Å²) in [4.78, 5) is 3.97. The second-order valence-corrected chi connectivity index (χ2v) is 7.25. The van der Waals surface area contributed by atoms with Gasteiger partial charge < -0.3 is 4.74 Å². The predicted molar refractivity (Wildman–Crippen MR) is 73.8 cm³/mol. The molecule has 0 aromatic carbocycles. The van der Waals surface area contributed by atoms with E-state index in [1.54, 1.807) is 4.90 Å². The highest BCUT2D eigenvalue weighted by Gasteiger charge is 2.45. The van der Waals surface area contributed by atoms with Crippen molar-refractivity contribution >= 4 is 9.84 Å². The summed E-state index contributed by atoms with van der Waals surface area (Å²) in [6.45, 7) is 7.74. The van der Waals surface area contributed by atoms with Crippen LogP contribution in [0, 0.1) is 0 Å². The van der Waals surface area contributed by atoms with Crippen LogP contribution in [0.4, 0.5) is 13.2 Å². The lowest BCUT2D eigenvalue weighted by molar-refractivity contribution is -0.0438. The highest BCUT2D eigenvalue weighted by molar-refractivity contribution is 7.92. The number of hydrogen-bond donors (Lipinski definition) is 0.